The van der Waals surface area contributed by atoms with Gasteiger partial charge in [-0.2, -0.15) is 0 Å². The third-order valence-corrected chi connectivity index (χ3v) is 4.58. The van der Waals surface area contributed by atoms with Crippen molar-refractivity contribution >= 4 is 15.9 Å². The number of benzene rings is 1. The zero-order chi connectivity index (χ0) is 14.0. The number of likely N-dealkylation sites (tertiary alicyclic amines) is 1. The van der Waals surface area contributed by atoms with Crippen LogP contribution < -0.4 is 5.73 Å². The van der Waals surface area contributed by atoms with E-state index in [1.165, 1.54) is 5.56 Å². The first kappa shape index (κ1) is 15.0. The summed E-state index contributed by atoms with van der Waals surface area (Å²) >= 11 is 3.46. The van der Waals surface area contributed by atoms with Crippen LogP contribution in [0.1, 0.15) is 31.9 Å². The van der Waals surface area contributed by atoms with E-state index in [0.29, 0.717) is 12.5 Å². The fourth-order valence-corrected chi connectivity index (χ4v) is 3.10. The van der Waals surface area contributed by atoms with Crippen LogP contribution in [0.25, 0.3) is 0 Å². The molecule has 1 aromatic carbocycles. The fraction of sp³-hybridized carbons (Fsp3) is 0.600. The normalized spacial score (nSPS) is 28.1. The third kappa shape index (κ3) is 3.57. The Morgan fingerprint density at radius 2 is 2.00 bits per heavy atom. The first-order valence-electron chi connectivity index (χ1n) is 6.92. The first-order chi connectivity index (χ1) is 8.99. The summed E-state index contributed by atoms with van der Waals surface area (Å²) in [5.74, 6) is 0.384. The van der Waals surface area contributed by atoms with Crippen LogP contribution in [-0.4, -0.2) is 35.2 Å². The van der Waals surface area contributed by atoms with Crippen molar-refractivity contribution in [2.75, 3.05) is 13.1 Å². The summed E-state index contributed by atoms with van der Waals surface area (Å²) in [5.41, 5.74) is 7.40. The predicted octanol–water partition coefficient (Wildman–Crippen LogP) is 2.54. The van der Waals surface area contributed by atoms with Crippen LogP contribution in [0.15, 0.2) is 28.7 Å². The molecule has 19 heavy (non-hydrogen) atoms. The molecule has 0 saturated carbocycles. The number of hydrogen-bond donors (Lipinski definition) is 2. The minimum Gasteiger partial charge on any atom is -0.392 e. The molecule has 0 radical (unpaired) electrons. The van der Waals surface area contributed by atoms with Gasteiger partial charge in [0.1, 0.15) is 0 Å². The molecule has 4 heteroatoms. The Bertz CT molecular complexity index is 407. The topological polar surface area (TPSA) is 49.5 Å². The van der Waals surface area contributed by atoms with Crippen molar-refractivity contribution in [3.8, 4) is 0 Å². The summed E-state index contributed by atoms with van der Waals surface area (Å²) in [6, 6.07) is 8.55. The van der Waals surface area contributed by atoms with E-state index < -0.39 is 0 Å². The van der Waals surface area contributed by atoms with Gasteiger partial charge in [0.25, 0.3) is 0 Å². The molecule has 1 fully saturated rings. The Hall–Kier alpha value is -0.420. The molecule has 4 atom stereocenters. The lowest BCUT2D eigenvalue weighted by Gasteiger charge is -2.41. The van der Waals surface area contributed by atoms with E-state index in [1.54, 1.807) is 0 Å². The highest BCUT2D eigenvalue weighted by Gasteiger charge is 2.31. The number of aliphatic hydroxyl groups excluding tert-OH is 1. The number of β-amino-alcohol motifs (C(OH)–C–C–N with tert-alkyl or cyclic N) is 1. The number of nitrogens with zero attached hydrogens (tertiary/aromatic N) is 1. The molecule has 0 amide bonds. The second-order valence-corrected chi connectivity index (χ2v) is 6.60. The van der Waals surface area contributed by atoms with Crippen LogP contribution >= 0.6 is 15.9 Å². The summed E-state index contributed by atoms with van der Waals surface area (Å²) in [6.07, 6.45) is 0.784. The standard InChI is InChI=1S/C15H23BrN2O/c1-10-7-8-18(9-14(10)19)15(11(2)17)12-3-5-13(16)6-4-12/h3-6,10-11,14-15,19H,7-9,17H2,1-2H3. The lowest BCUT2D eigenvalue weighted by molar-refractivity contribution is 0.00539. The van der Waals surface area contributed by atoms with E-state index >= 15 is 0 Å². The van der Waals surface area contributed by atoms with Crippen LogP contribution in [0, 0.1) is 5.92 Å². The molecule has 4 unspecified atom stereocenters. The molecule has 2 rings (SSSR count). The highest BCUT2D eigenvalue weighted by atomic mass is 79.9. The third-order valence-electron chi connectivity index (χ3n) is 4.05. The number of piperidine rings is 1. The molecule has 106 valence electrons. The summed E-state index contributed by atoms with van der Waals surface area (Å²) in [6.45, 7) is 5.86. The van der Waals surface area contributed by atoms with Gasteiger partial charge in [0.2, 0.25) is 0 Å². The van der Waals surface area contributed by atoms with E-state index in [9.17, 15) is 5.11 Å². The quantitative estimate of drug-likeness (QED) is 0.897. The SMILES string of the molecule is CC(N)C(c1ccc(Br)cc1)N1CCC(C)C(O)C1. The summed E-state index contributed by atoms with van der Waals surface area (Å²) in [7, 11) is 0. The Labute approximate surface area is 123 Å². The average Bonchev–Trinajstić information content (AvgIpc) is 2.36. The smallest absolute Gasteiger partial charge is 0.0693 e. The van der Waals surface area contributed by atoms with E-state index in [1.807, 2.05) is 19.1 Å². The highest BCUT2D eigenvalue weighted by molar-refractivity contribution is 9.10. The minimum atomic E-state index is -0.245. The molecular formula is C15H23BrN2O. The molecule has 0 aliphatic carbocycles. The van der Waals surface area contributed by atoms with Gasteiger partial charge in [0.05, 0.1) is 6.10 Å². The number of aliphatic hydroxyl groups is 1. The molecular weight excluding hydrogens is 304 g/mol. The largest absolute Gasteiger partial charge is 0.392 e. The van der Waals surface area contributed by atoms with Crippen molar-refractivity contribution in [2.24, 2.45) is 11.7 Å². The van der Waals surface area contributed by atoms with Gasteiger partial charge >= 0.3 is 0 Å². The van der Waals surface area contributed by atoms with Gasteiger partial charge < -0.3 is 10.8 Å². The van der Waals surface area contributed by atoms with E-state index in [-0.39, 0.29) is 18.2 Å². The predicted molar refractivity (Wildman–Crippen MR) is 81.9 cm³/mol. The fourth-order valence-electron chi connectivity index (χ4n) is 2.83. The van der Waals surface area contributed by atoms with Crippen molar-refractivity contribution in [1.29, 1.82) is 0 Å². The number of rotatable bonds is 3. The van der Waals surface area contributed by atoms with Crippen LogP contribution in [0.2, 0.25) is 0 Å². The lowest BCUT2D eigenvalue weighted by Crippen LogP contribution is -2.48. The Kier molecular flexibility index (Phi) is 5.01. The molecule has 0 bridgehead atoms. The lowest BCUT2D eigenvalue weighted by atomic mass is 9.91. The second kappa shape index (κ2) is 6.35. The molecule has 1 aliphatic rings. The zero-order valence-electron chi connectivity index (χ0n) is 11.6. The highest BCUT2D eigenvalue weighted by Crippen LogP contribution is 2.29. The van der Waals surface area contributed by atoms with Crippen LogP contribution in [-0.2, 0) is 0 Å². The van der Waals surface area contributed by atoms with E-state index in [0.717, 1.165) is 17.4 Å². The number of halogens is 1. The van der Waals surface area contributed by atoms with Crippen molar-refractivity contribution in [2.45, 2.75) is 38.5 Å². The molecule has 0 aromatic heterocycles. The van der Waals surface area contributed by atoms with Crippen LogP contribution in [0.3, 0.4) is 0 Å². The molecule has 1 aliphatic heterocycles. The second-order valence-electron chi connectivity index (χ2n) is 5.68. The first-order valence-corrected chi connectivity index (χ1v) is 7.71. The molecule has 1 saturated heterocycles. The summed E-state index contributed by atoms with van der Waals surface area (Å²) in [5, 5.41) is 10.1. The summed E-state index contributed by atoms with van der Waals surface area (Å²) < 4.78 is 1.08. The Morgan fingerprint density at radius 1 is 1.37 bits per heavy atom. The van der Waals surface area contributed by atoms with Gasteiger partial charge in [0.15, 0.2) is 0 Å². The van der Waals surface area contributed by atoms with Crippen molar-refractivity contribution in [3.63, 3.8) is 0 Å². The molecule has 1 aromatic rings. The van der Waals surface area contributed by atoms with E-state index in [4.69, 9.17) is 5.73 Å². The van der Waals surface area contributed by atoms with Gasteiger partial charge in [-0.1, -0.05) is 35.0 Å². The Morgan fingerprint density at radius 3 is 2.53 bits per heavy atom. The molecule has 1 heterocycles. The van der Waals surface area contributed by atoms with Gasteiger partial charge in [-0.3, -0.25) is 4.90 Å². The molecule has 0 spiro atoms. The van der Waals surface area contributed by atoms with Crippen molar-refractivity contribution in [3.05, 3.63) is 34.3 Å². The average molecular weight is 327 g/mol. The van der Waals surface area contributed by atoms with Crippen molar-refractivity contribution < 1.29 is 5.11 Å². The van der Waals surface area contributed by atoms with Gasteiger partial charge in [-0.05, 0) is 43.5 Å². The van der Waals surface area contributed by atoms with Crippen LogP contribution in [0.5, 0.6) is 0 Å². The Balaban J connectivity index is 2.18. The molecule has 3 nitrogen and oxygen atoms in total. The maximum Gasteiger partial charge on any atom is 0.0693 e. The van der Waals surface area contributed by atoms with Gasteiger partial charge in [-0.25, -0.2) is 0 Å². The monoisotopic (exact) mass is 326 g/mol. The number of hydrogen-bond acceptors (Lipinski definition) is 3. The maximum absolute atomic E-state index is 10.1. The maximum atomic E-state index is 10.1. The molecule has 3 N–H and O–H groups in total. The minimum absolute atomic E-state index is 0.0433. The van der Waals surface area contributed by atoms with E-state index in [2.05, 4.69) is 39.9 Å². The van der Waals surface area contributed by atoms with Crippen molar-refractivity contribution in [1.82, 2.24) is 4.90 Å². The number of nitrogens with two attached hydrogens (primary N) is 1. The summed E-state index contributed by atoms with van der Waals surface area (Å²) in [4.78, 5) is 2.32. The van der Waals surface area contributed by atoms with Crippen LogP contribution in [0.4, 0.5) is 0 Å². The van der Waals surface area contributed by atoms with Gasteiger partial charge in [0, 0.05) is 23.1 Å². The van der Waals surface area contributed by atoms with Gasteiger partial charge in [-0.15, -0.1) is 0 Å². The zero-order valence-corrected chi connectivity index (χ0v) is 13.2.